The van der Waals surface area contributed by atoms with Crippen molar-refractivity contribution < 1.29 is 18.0 Å². The third-order valence-electron chi connectivity index (χ3n) is 3.19. The summed E-state index contributed by atoms with van der Waals surface area (Å²) in [5.74, 6) is -0.102. The fourth-order valence-electron chi connectivity index (χ4n) is 1.99. The number of thioether (sulfide) groups is 1. The quantitative estimate of drug-likeness (QED) is 0.609. The van der Waals surface area contributed by atoms with E-state index in [-0.39, 0.29) is 22.8 Å². The van der Waals surface area contributed by atoms with Gasteiger partial charge in [-0.2, -0.15) is 13.2 Å². The number of hydrogen-bond acceptors (Lipinski definition) is 6. The first-order valence-electron chi connectivity index (χ1n) is 7.58. The maximum atomic E-state index is 12.1. The van der Waals surface area contributed by atoms with Crippen molar-refractivity contribution in [3.05, 3.63) is 34.9 Å². The summed E-state index contributed by atoms with van der Waals surface area (Å²) in [4.78, 5) is 12.1. The molecule has 0 aliphatic rings. The van der Waals surface area contributed by atoms with Crippen LogP contribution >= 0.6 is 34.7 Å². The summed E-state index contributed by atoms with van der Waals surface area (Å²) in [7, 11) is 0. The van der Waals surface area contributed by atoms with Crippen LogP contribution in [0.5, 0.6) is 0 Å². The van der Waals surface area contributed by atoms with E-state index in [0.29, 0.717) is 15.8 Å². The monoisotopic (exact) mass is 424 g/mol. The van der Waals surface area contributed by atoms with E-state index in [1.807, 2.05) is 19.1 Å². The molecule has 1 aromatic carbocycles. The Labute approximate surface area is 161 Å². The van der Waals surface area contributed by atoms with Crippen molar-refractivity contribution in [1.29, 1.82) is 0 Å². The van der Waals surface area contributed by atoms with Crippen molar-refractivity contribution in [2.24, 2.45) is 0 Å². The molecule has 0 spiro atoms. The van der Waals surface area contributed by atoms with Gasteiger partial charge in [0.2, 0.25) is 11.0 Å². The van der Waals surface area contributed by atoms with Crippen LogP contribution in [0, 0.1) is 0 Å². The molecule has 26 heavy (non-hydrogen) atoms. The number of benzene rings is 1. The highest BCUT2D eigenvalue weighted by Crippen LogP contribution is 2.27. The highest BCUT2D eigenvalue weighted by Gasteiger charge is 2.27. The van der Waals surface area contributed by atoms with Crippen molar-refractivity contribution in [2.75, 3.05) is 17.6 Å². The van der Waals surface area contributed by atoms with Crippen LogP contribution in [0.25, 0.3) is 0 Å². The van der Waals surface area contributed by atoms with Crippen LogP contribution in [0.3, 0.4) is 0 Å². The second-order valence-electron chi connectivity index (χ2n) is 5.21. The van der Waals surface area contributed by atoms with Gasteiger partial charge >= 0.3 is 6.18 Å². The minimum absolute atomic E-state index is 0.0674. The van der Waals surface area contributed by atoms with Gasteiger partial charge in [-0.05, 0) is 24.1 Å². The molecule has 142 valence electrons. The summed E-state index contributed by atoms with van der Waals surface area (Å²) in [5.41, 5.74) is 0.949. The summed E-state index contributed by atoms with van der Waals surface area (Å²) >= 11 is 7.96. The molecule has 0 aliphatic carbocycles. The second kappa shape index (κ2) is 9.43. The van der Waals surface area contributed by atoms with E-state index in [1.165, 1.54) is 0 Å². The zero-order chi connectivity index (χ0) is 19.2. The first kappa shape index (κ1) is 20.8. The van der Waals surface area contributed by atoms with Gasteiger partial charge in [-0.3, -0.25) is 4.79 Å². The van der Waals surface area contributed by atoms with Gasteiger partial charge in [0, 0.05) is 5.02 Å². The molecule has 0 aliphatic heterocycles. The molecule has 0 bridgehead atoms. The van der Waals surface area contributed by atoms with Gasteiger partial charge in [-0.25, -0.2) is 0 Å². The maximum absolute atomic E-state index is 12.1. The van der Waals surface area contributed by atoms with Gasteiger partial charge in [0.25, 0.3) is 0 Å². The van der Waals surface area contributed by atoms with E-state index in [9.17, 15) is 18.0 Å². The Morgan fingerprint density at radius 2 is 2.00 bits per heavy atom. The molecule has 1 unspecified atom stereocenters. The number of nitrogens with zero attached hydrogens (tertiary/aromatic N) is 2. The molecule has 2 aromatic rings. The van der Waals surface area contributed by atoms with Gasteiger partial charge in [0.1, 0.15) is 6.54 Å². The topological polar surface area (TPSA) is 66.9 Å². The summed E-state index contributed by atoms with van der Waals surface area (Å²) in [6.45, 7) is 0.780. The normalized spacial score (nSPS) is 12.7. The van der Waals surface area contributed by atoms with Crippen molar-refractivity contribution in [3.63, 3.8) is 0 Å². The average molecular weight is 425 g/mol. The van der Waals surface area contributed by atoms with E-state index >= 15 is 0 Å². The predicted octanol–water partition coefficient (Wildman–Crippen LogP) is 4.53. The lowest BCUT2D eigenvalue weighted by Gasteiger charge is -2.17. The largest absolute Gasteiger partial charge is 0.405 e. The number of alkyl halides is 3. The first-order valence-corrected chi connectivity index (χ1v) is 9.76. The zero-order valence-electron chi connectivity index (χ0n) is 13.6. The third-order valence-corrected chi connectivity index (χ3v) is 5.46. The average Bonchev–Trinajstić information content (AvgIpc) is 3.04. The fraction of sp³-hybridized carbons (Fsp3) is 0.400. The van der Waals surface area contributed by atoms with E-state index in [2.05, 4.69) is 20.8 Å². The molecule has 1 aromatic heterocycles. The lowest BCUT2D eigenvalue weighted by Crippen LogP contribution is -2.29. The number of anilines is 1. The Morgan fingerprint density at radius 3 is 2.62 bits per heavy atom. The minimum atomic E-state index is -4.32. The number of carbonyl (C=O) groups excluding carboxylic acids is 1. The van der Waals surface area contributed by atoms with Crippen LogP contribution in [0.2, 0.25) is 5.02 Å². The molecular weight excluding hydrogens is 409 g/mol. The molecule has 0 radical (unpaired) electrons. The predicted molar refractivity (Wildman–Crippen MR) is 97.8 cm³/mol. The lowest BCUT2D eigenvalue weighted by atomic mass is 10.0. The number of halogens is 4. The molecule has 1 heterocycles. The highest BCUT2D eigenvalue weighted by atomic mass is 35.5. The molecule has 0 saturated carbocycles. The molecule has 2 rings (SSSR count). The van der Waals surface area contributed by atoms with Crippen LogP contribution in [0.15, 0.2) is 28.6 Å². The smallest absolute Gasteiger partial charge is 0.351 e. The number of hydrogen-bond donors (Lipinski definition) is 2. The van der Waals surface area contributed by atoms with Gasteiger partial charge in [0.15, 0.2) is 4.34 Å². The van der Waals surface area contributed by atoms with E-state index in [0.717, 1.165) is 28.7 Å². The number of rotatable bonds is 8. The van der Waals surface area contributed by atoms with Crippen LogP contribution in [-0.4, -0.2) is 34.6 Å². The van der Waals surface area contributed by atoms with Gasteiger partial charge in [-0.1, -0.05) is 53.8 Å². The van der Waals surface area contributed by atoms with E-state index in [1.54, 1.807) is 12.1 Å². The van der Waals surface area contributed by atoms with Crippen LogP contribution in [0.1, 0.15) is 24.9 Å². The molecule has 1 atom stereocenters. The van der Waals surface area contributed by atoms with Gasteiger partial charge < -0.3 is 10.6 Å². The number of aromatic nitrogens is 2. The van der Waals surface area contributed by atoms with Crippen LogP contribution in [-0.2, 0) is 4.79 Å². The summed E-state index contributed by atoms with van der Waals surface area (Å²) < 4.78 is 36.9. The first-order chi connectivity index (χ1) is 12.3. The molecule has 5 nitrogen and oxygen atoms in total. The zero-order valence-corrected chi connectivity index (χ0v) is 16.0. The Kier molecular flexibility index (Phi) is 7.54. The standard InChI is InChI=1S/C15H16ClF3N4OS2/c1-2-11(9-3-5-10(16)6-4-9)21-12(24)7-25-14-23-22-13(26-14)20-8-15(17,18)19/h3-6,11H,2,7-8H2,1H3,(H,20,22)(H,21,24). The highest BCUT2D eigenvalue weighted by molar-refractivity contribution is 8.01. The lowest BCUT2D eigenvalue weighted by molar-refractivity contribution is -0.119. The fourth-order valence-corrected chi connectivity index (χ4v) is 3.68. The Morgan fingerprint density at radius 1 is 1.31 bits per heavy atom. The maximum Gasteiger partial charge on any atom is 0.405 e. The molecule has 11 heteroatoms. The van der Waals surface area contributed by atoms with Gasteiger partial charge in [-0.15, -0.1) is 10.2 Å². The van der Waals surface area contributed by atoms with Crippen molar-refractivity contribution in [2.45, 2.75) is 29.9 Å². The van der Waals surface area contributed by atoms with E-state index < -0.39 is 12.7 Å². The van der Waals surface area contributed by atoms with Crippen molar-refractivity contribution in [1.82, 2.24) is 15.5 Å². The second-order valence-corrected chi connectivity index (χ2v) is 7.85. The van der Waals surface area contributed by atoms with Crippen molar-refractivity contribution in [3.8, 4) is 0 Å². The Hall–Kier alpha value is -1.52. The number of carbonyl (C=O) groups is 1. The summed E-state index contributed by atoms with van der Waals surface area (Å²) in [6.07, 6.45) is -3.61. The summed E-state index contributed by atoms with van der Waals surface area (Å²) in [6, 6.07) is 7.09. The SMILES string of the molecule is CCC(NC(=O)CSc1nnc(NCC(F)(F)F)s1)c1ccc(Cl)cc1. The summed E-state index contributed by atoms with van der Waals surface area (Å²) in [5, 5.41) is 13.1. The van der Waals surface area contributed by atoms with Gasteiger partial charge in [0.05, 0.1) is 11.8 Å². The third kappa shape index (κ3) is 7.00. The van der Waals surface area contributed by atoms with Crippen LogP contribution < -0.4 is 10.6 Å². The van der Waals surface area contributed by atoms with E-state index in [4.69, 9.17) is 11.6 Å². The molecule has 1 amide bonds. The van der Waals surface area contributed by atoms with Crippen LogP contribution in [0.4, 0.5) is 18.3 Å². The molecule has 0 saturated heterocycles. The Bertz CT molecular complexity index is 724. The number of nitrogens with one attached hydrogen (secondary N) is 2. The Balaban J connectivity index is 1.82. The van der Waals surface area contributed by atoms with Crippen molar-refractivity contribution >= 4 is 45.7 Å². The number of amides is 1. The molecular formula is C15H16ClF3N4OS2. The molecule has 2 N–H and O–H groups in total. The molecule has 0 fully saturated rings. The minimum Gasteiger partial charge on any atom is -0.351 e.